The van der Waals surface area contributed by atoms with E-state index in [1.165, 1.54) is 10.6 Å². The molecule has 0 N–H and O–H groups in total. The molecule has 2 aliphatic rings. The fourth-order valence-corrected chi connectivity index (χ4v) is 11.8. The molecule has 0 saturated heterocycles. The van der Waals surface area contributed by atoms with E-state index in [4.69, 9.17) is 18.9 Å². The van der Waals surface area contributed by atoms with Crippen LogP contribution in [0.4, 0.5) is 0 Å². The fourth-order valence-electron chi connectivity index (χ4n) is 5.75. The third-order valence-electron chi connectivity index (χ3n) is 6.64. The largest absolute Gasteiger partial charge is 0.449 e. The van der Waals surface area contributed by atoms with Crippen molar-refractivity contribution >= 4 is 26.5 Å². The molecule has 36 heavy (non-hydrogen) atoms. The van der Waals surface area contributed by atoms with Crippen molar-refractivity contribution in [2.75, 3.05) is 0 Å². The van der Waals surface area contributed by atoms with Crippen LogP contribution in [0.1, 0.15) is 83.1 Å². The molecule has 4 rings (SSSR count). The van der Waals surface area contributed by atoms with Crippen molar-refractivity contribution < 1.29 is 18.9 Å². The molecule has 0 amide bonds. The minimum absolute atomic E-state index is 0.473. The third kappa shape index (κ3) is 4.98. The summed E-state index contributed by atoms with van der Waals surface area (Å²) in [6, 6.07) is 8.81. The molecule has 198 valence electrons. The highest BCUT2D eigenvalue weighted by Gasteiger charge is 2.42. The Balaban J connectivity index is 2.14. The van der Waals surface area contributed by atoms with Crippen molar-refractivity contribution in [3.63, 3.8) is 0 Å². The van der Waals surface area contributed by atoms with Gasteiger partial charge in [0.25, 0.3) is 0 Å². The zero-order valence-electron chi connectivity index (χ0n) is 24.1. The SMILES string of the molecule is CC(C)P(c1ccc2c(c1-c1c(P(C(C)C)C(C)C)ccc3c1OC(C)(C)O3)OC(C)(C)O2)C(C)C. The van der Waals surface area contributed by atoms with Gasteiger partial charge >= 0.3 is 0 Å². The first-order valence-electron chi connectivity index (χ1n) is 13.3. The molecular weight excluding hydrogens is 486 g/mol. The average molecular weight is 531 g/mol. The number of rotatable bonds is 7. The second-order valence-electron chi connectivity index (χ2n) is 12.0. The maximum atomic E-state index is 6.60. The van der Waals surface area contributed by atoms with Crippen LogP contribution in [0.5, 0.6) is 23.0 Å². The quantitative estimate of drug-likeness (QED) is 0.338. The van der Waals surface area contributed by atoms with Gasteiger partial charge in [0, 0.05) is 38.8 Å². The van der Waals surface area contributed by atoms with E-state index in [9.17, 15) is 0 Å². The predicted molar refractivity (Wildman–Crippen MR) is 156 cm³/mol. The van der Waals surface area contributed by atoms with Crippen molar-refractivity contribution in [3.05, 3.63) is 24.3 Å². The van der Waals surface area contributed by atoms with Gasteiger partial charge in [-0.25, -0.2) is 0 Å². The maximum absolute atomic E-state index is 6.60. The van der Waals surface area contributed by atoms with Crippen LogP contribution in [0, 0.1) is 0 Å². The van der Waals surface area contributed by atoms with Crippen molar-refractivity contribution in [2.45, 2.75) is 117 Å². The molecule has 2 aliphatic heterocycles. The first kappa shape index (κ1) is 27.5. The lowest BCUT2D eigenvalue weighted by Gasteiger charge is -2.32. The lowest BCUT2D eigenvalue weighted by molar-refractivity contribution is -0.0442. The summed E-state index contributed by atoms with van der Waals surface area (Å²) < 4.78 is 25.8. The maximum Gasteiger partial charge on any atom is 0.246 e. The summed E-state index contributed by atoms with van der Waals surface area (Å²) in [5.41, 5.74) is 4.40. The van der Waals surface area contributed by atoms with Crippen molar-refractivity contribution in [1.82, 2.24) is 0 Å². The molecule has 0 radical (unpaired) electrons. The van der Waals surface area contributed by atoms with Gasteiger partial charge in [-0.1, -0.05) is 71.2 Å². The van der Waals surface area contributed by atoms with Crippen LogP contribution in [-0.4, -0.2) is 34.2 Å². The molecule has 0 aromatic heterocycles. The Hall–Kier alpha value is -1.50. The lowest BCUT2D eigenvalue weighted by atomic mass is 10.0. The summed E-state index contributed by atoms with van der Waals surface area (Å²) >= 11 is 0. The van der Waals surface area contributed by atoms with Crippen LogP contribution in [0.2, 0.25) is 0 Å². The van der Waals surface area contributed by atoms with Gasteiger partial charge in [0.2, 0.25) is 11.6 Å². The second-order valence-corrected chi connectivity index (χ2v) is 18.7. The van der Waals surface area contributed by atoms with E-state index in [1.807, 2.05) is 27.7 Å². The van der Waals surface area contributed by atoms with Gasteiger partial charge in [-0.2, -0.15) is 0 Å². The molecule has 0 saturated carbocycles. The number of benzene rings is 2. The van der Waals surface area contributed by atoms with Crippen LogP contribution >= 0.6 is 15.8 Å². The third-order valence-corrected chi connectivity index (χ3v) is 12.9. The van der Waals surface area contributed by atoms with E-state index >= 15 is 0 Å². The molecule has 0 fully saturated rings. The molecule has 0 atom stereocenters. The highest BCUT2D eigenvalue weighted by Crippen LogP contribution is 2.59. The summed E-state index contributed by atoms with van der Waals surface area (Å²) in [7, 11) is -0.946. The van der Waals surface area contributed by atoms with Crippen molar-refractivity contribution in [2.24, 2.45) is 0 Å². The number of ether oxygens (including phenoxy) is 4. The van der Waals surface area contributed by atoms with Crippen LogP contribution in [0.15, 0.2) is 24.3 Å². The first-order valence-corrected chi connectivity index (χ1v) is 16.3. The molecule has 0 spiro atoms. The Labute approximate surface area is 220 Å². The van der Waals surface area contributed by atoms with Crippen LogP contribution < -0.4 is 29.6 Å². The summed E-state index contributed by atoms with van der Waals surface area (Å²) in [6.07, 6.45) is 0. The fraction of sp³-hybridized carbons (Fsp3) is 0.600. The van der Waals surface area contributed by atoms with E-state index in [0.717, 1.165) is 34.1 Å². The molecular formula is C30H44O4P2. The minimum atomic E-state index is -0.719. The average Bonchev–Trinajstić information content (AvgIpc) is 3.20. The molecule has 0 bridgehead atoms. The molecule has 0 aliphatic carbocycles. The smallest absolute Gasteiger partial charge is 0.246 e. The standard InChI is InChI=1S/C30H44O4P2/c1-17(2)35(18(3)4)23-15-13-21-27(33-29(9,10)31-21)25(23)26-24(36(19(5)6)20(7)8)16-14-22-28(26)34-30(11,12)32-22/h13-20H,1-12H3. The topological polar surface area (TPSA) is 36.9 Å². The molecule has 6 heteroatoms. The number of hydrogen-bond donors (Lipinski definition) is 0. The Bertz CT molecular complexity index is 1030. The number of fused-ring (bicyclic) bond motifs is 2. The van der Waals surface area contributed by atoms with Crippen LogP contribution in [0.25, 0.3) is 11.1 Å². The highest BCUT2D eigenvalue weighted by atomic mass is 31.1. The zero-order valence-corrected chi connectivity index (χ0v) is 25.9. The van der Waals surface area contributed by atoms with Crippen LogP contribution in [0.3, 0.4) is 0 Å². The molecule has 2 aromatic carbocycles. The van der Waals surface area contributed by atoms with Gasteiger partial charge in [-0.3, -0.25) is 0 Å². The van der Waals surface area contributed by atoms with E-state index in [0.29, 0.717) is 22.6 Å². The Morgan fingerprint density at radius 2 is 0.806 bits per heavy atom. The monoisotopic (exact) mass is 530 g/mol. The molecule has 0 unspecified atom stereocenters. The second kappa shape index (κ2) is 9.67. The molecule has 2 heterocycles. The van der Waals surface area contributed by atoms with Gasteiger partial charge in [-0.05, 0) is 57.5 Å². The minimum Gasteiger partial charge on any atom is -0.449 e. The predicted octanol–water partition coefficient (Wildman–Crippen LogP) is 8.22. The summed E-state index contributed by atoms with van der Waals surface area (Å²) in [5.74, 6) is 1.86. The van der Waals surface area contributed by atoms with Gasteiger partial charge in [-0.15, -0.1) is 0 Å². The van der Waals surface area contributed by atoms with E-state index < -0.39 is 27.4 Å². The van der Waals surface area contributed by atoms with Gasteiger partial charge in [0.05, 0.1) is 0 Å². The Morgan fingerprint density at radius 1 is 0.500 bits per heavy atom. The van der Waals surface area contributed by atoms with Crippen molar-refractivity contribution in [1.29, 1.82) is 0 Å². The normalized spacial score (nSPS) is 17.5. The lowest BCUT2D eigenvalue weighted by Crippen LogP contribution is -2.30. The Kier molecular flexibility index (Phi) is 7.39. The van der Waals surface area contributed by atoms with Crippen LogP contribution in [-0.2, 0) is 0 Å². The first-order chi connectivity index (χ1) is 16.6. The molecule has 2 aromatic rings. The van der Waals surface area contributed by atoms with Gasteiger partial charge in [0.15, 0.2) is 23.0 Å². The van der Waals surface area contributed by atoms with Gasteiger partial charge < -0.3 is 18.9 Å². The van der Waals surface area contributed by atoms with E-state index in [1.54, 1.807) is 0 Å². The Morgan fingerprint density at radius 3 is 1.08 bits per heavy atom. The van der Waals surface area contributed by atoms with Crippen molar-refractivity contribution in [3.8, 4) is 34.1 Å². The van der Waals surface area contributed by atoms with E-state index in [-0.39, 0.29) is 0 Å². The summed E-state index contributed by atoms with van der Waals surface area (Å²) in [4.78, 5) is 0. The highest BCUT2D eigenvalue weighted by molar-refractivity contribution is 7.68. The number of hydrogen-bond acceptors (Lipinski definition) is 4. The molecule has 4 nitrogen and oxygen atoms in total. The summed E-state index contributed by atoms with van der Waals surface area (Å²) in [6.45, 7) is 26.7. The zero-order chi connectivity index (χ0) is 26.7. The summed E-state index contributed by atoms with van der Waals surface area (Å²) in [5, 5.41) is 2.72. The van der Waals surface area contributed by atoms with Gasteiger partial charge in [0.1, 0.15) is 0 Å². The van der Waals surface area contributed by atoms with E-state index in [2.05, 4.69) is 79.7 Å².